The fraction of sp³-hybridized carbons (Fsp3) is 1.00. The highest BCUT2D eigenvalue weighted by molar-refractivity contribution is 4.95. The standard InChI is InChI=1S/C13H25N3/c1-14-12(5-4-11-2-3-11)13-10-15-6-8-16(13)9-7-15/h11-14H,2-10H2,1H3. The molecule has 0 aromatic rings. The van der Waals surface area contributed by atoms with E-state index in [1.807, 2.05) is 0 Å². The average molecular weight is 223 g/mol. The van der Waals surface area contributed by atoms with Crippen molar-refractivity contribution in [2.24, 2.45) is 5.92 Å². The molecule has 3 saturated heterocycles. The smallest absolute Gasteiger partial charge is 0.0377 e. The molecule has 3 aliphatic heterocycles. The monoisotopic (exact) mass is 223 g/mol. The van der Waals surface area contributed by atoms with E-state index in [1.54, 1.807) is 0 Å². The van der Waals surface area contributed by atoms with Crippen LogP contribution in [0.25, 0.3) is 0 Å². The summed E-state index contributed by atoms with van der Waals surface area (Å²) in [6.07, 6.45) is 5.83. The van der Waals surface area contributed by atoms with Crippen LogP contribution in [0.15, 0.2) is 0 Å². The van der Waals surface area contributed by atoms with Crippen molar-refractivity contribution in [2.75, 3.05) is 39.8 Å². The number of likely N-dealkylation sites (N-methyl/N-ethyl adjacent to an activating group) is 1. The summed E-state index contributed by atoms with van der Waals surface area (Å²) in [6.45, 7) is 6.50. The van der Waals surface area contributed by atoms with Crippen LogP contribution in [-0.4, -0.2) is 61.7 Å². The average Bonchev–Trinajstić information content (AvgIpc) is 3.16. The van der Waals surface area contributed by atoms with Crippen molar-refractivity contribution in [3.63, 3.8) is 0 Å². The number of hydrogen-bond donors (Lipinski definition) is 1. The SMILES string of the molecule is CNC(CCC1CC1)C1CN2CCN1CC2. The molecule has 2 unspecified atom stereocenters. The van der Waals surface area contributed by atoms with Crippen LogP contribution < -0.4 is 5.32 Å². The molecule has 0 aromatic heterocycles. The van der Waals surface area contributed by atoms with Crippen molar-refractivity contribution >= 4 is 0 Å². The van der Waals surface area contributed by atoms with E-state index >= 15 is 0 Å². The van der Waals surface area contributed by atoms with E-state index in [9.17, 15) is 0 Å². The molecule has 92 valence electrons. The molecule has 4 aliphatic rings. The lowest BCUT2D eigenvalue weighted by molar-refractivity contribution is -0.00378. The van der Waals surface area contributed by atoms with Gasteiger partial charge in [-0.15, -0.1) is 0 Å². The van der Waals surface area contributed by atoms with Crippen LogP contribution in [-0.2, 0) is 0 Å². The van der Waals surface area contributed by atoms with E-state index < -0.39 is 0 Å². The zero-order chi connectivity index (χ0) is 11.0. The summed E-state index contributed by atoms with van der Waals surface area (Å²) in [4.78, 5) is 5.36. The van der Waals surface area contributed by atoms with Gasteiger partial charge in [0.15, 0.2) is 0 Å². The summed E-state index contributed by atoms with van der Waals surface area (Å²) in [7, 11) is 2.15. The largest absolute Gasteiger partial charge is 0.315 e. The van der Waals surface area contributed by atoms with Crippen molar-refractivity contribution in [1.82, 2.24) is 15.1 Å². The van der Waals surface area contributed by atoms with Crippen molar-refractivity contribution in [2.45, 2.75) is 37.8 Å². The fourth-order valence-corrected chi connectivity index (χ4v) is 3.39. The first-order valence-corrected chi connectivity index (χ1v) is 7.00. The van der Waals surface area contributed by atoms with Crippen LogP contribution in [0.4, 0.5) is 0 Å². The minimum absolute atomic E-state index is 0.726. The van der Waals surface area contributed by atoms with Gasteiger partial charge >= 0.3 is 0 Å². The number of fused-ring (bicyclic) bond motifs is 3. The molecule has 0 radical (unpaired) electrons. The van der Waals surface area contributed by atoms with Crippen LogP contribution in [0, 0.1) is 5.92 Å². The van der Waals surface area contributed by atoms with Gasteiger partial charge in [0, 0.05) is 44.8 Å². The van der Waals surface area contributed by atoms with E-state index in [0.717, 1.165) is 18.0 Å². The highest BCUT2D eigenvalue weighted by Gasteiger charge is 2.36. The van der Waals surface area contributed by atoms with Crippen LogP contribution in [0.2, 0.25) is 0 Å². The Morgan fingerprint density at radius 1 is 1.19 bits per heavy atom. The molecule has 2 atom stereocenters. The molecule has 0 aromatic carbocycles. The van der Waals surface area contributed by atoms with Gasteiger partial charge < -0.3 is 5.32 Å². The minimum atomic E-state index is 0.726. The fourth-order valence-electron chi connectivity index (χ4n) is 3.39. The normalized spacial score (nSPS) is 39.9. The first-order chi connectivity index (χ1) is 7.86. The van der Waals surface area contributed by atoms with E-state index in [0.29, 0.717) is 0 Å². The maximum Gasteiger partial charge on any atom is 0.0377 e. The van der Waals surface area contributed by atoms with Crippen molar-refractivity contribution in [1.29, 1.82) is 0 Å². The molecule has 4 fully saturated rings. The second-order valence-corrected chi connectivity index (χ2v) is 5.82. The first-order valence-electron chi connectivity index (χ1n) is 7.00. The van der Waals surface area contributed by atoms with Crippen LogP contribution in [0.5, 0.6) is 0 Å². The zero-order valence-corrected chi connectivity index (χ0v) is 10.5. The Bertz CT molecular complexity index is 231. The third-order valence-electron chi connectivity index (χ3n) is 4.74. The summed E-state index contributed by atoms with van der Waals surface area (Å²) < 4.78 is 0. The summed E-state index contributed by atoms with van der Waals surface area (Å²) in [5.74, 6) is 1.08. The van der Waals surface area contributed by atoms with E-state index in [4.69, 9.17) is 0 Å². The van der Waals surface area contributed by atoms with E-state index in [1.165, 1.54) is 58.4 Å². The maximum absolute atomic E-state index is 3.57. The zero-order valence-electron chi connectivity index (χ0n) is 10.5. The first kappa shape index (κ1) is 11.0. The Morgan fingerprint density at radius 3 is 2.44 bits per heavy atom. The molecule has 0 spiro atoms. The second-order valence-electron chi connectivity index (χ2n) is 5.82. The van der Waals surface area contributed by atoms with Crippen LogP contribution >= 0.6 is 0 Å². The molecule has 3 nitrogen and oxygen atoms in total. The predicted molar refractivity (Wildman–Crippen MR) is 66.6 cm³/mol. The summed E-state index contributed by atoms with van der Waals surface area (Å²) in [5, 5.41) is 3.57. The van der Waals surface area contributed by atoms with Gasteiger partial charge in [-0.2, -0.15) is 0 Å². The van der Waals surface area contributed by atoms with Crippen LogP contribution in [0.3, 0.4) is 0 Å². The molecule has 4 rings (SSSR count). The third-order valence-corrected chi connectivity index (χ3v) is 4.74. The molecule has 1 N–H and O–H groups in total. The molecule has 1 aliphatic carbocycles. The molecule has 3 heterocycles. The number of piperazine rings is 3. The Morgan fingerprint density at radius 2 is 1.94 bits per heavy atom. The Labute approximate surface area is 99.2 Å². The number of nitrogens with zero attached hydrogens (tertiary/aromatic N) is 2. The minimum Gasteiger partial charge on any atom is -0.315 e. The Kier molecular flexibility index (Phi) is 3.18. The van der Waals surface area contributed by atoms with Gasteiger partial charge in [0.2, 0.25) is 0 Å². The lowest BCUT2D eigenvalue weighted by Crippen LogP contribution is -2.66. The van der Waals surface area contributed by atoms with Crippen molar-refractivity contribution in [3.05, 3.63) is 0 Å². The summed E-state index contributed by atoms with van der Waals surface area (Å²) in [5.41, 5.74) is 0. The molecule has 0 amide bonds. The quantitative estimate of drug-likeness (QED) is 0.742. The third kappa shape index (κ3) is 2.27. The molecule has 1 saturated carbocycles. The van der Waals surface area contributed by atoms with E-state index in [2.05, 4.69) is 22.2 Å². The topological polar surface area (TPSA) is 18.5 Å². The molecular weight excluding hydrogens is 198 g/mol. The van der Waals surface area contributed by atoms with Gasteiger partial charge in [-0.3, -0.25) is 9.80 Å². The highest BCUT2D eigenvalue weighted by atomic mass is 15.4. The number of nitrogens with one attached hydrogen (secondary N) is 1. The molecule has 2 bridgehead atoms. The Balaban J connectivity index is 1.55. The van der Waals surface area contributed by atoms with Crippen molar-refractivity contribution in [3.8, 4) is 0 Å². The van der Waals surface area contributed by atoms with Gasteiger partial charge in [0.05, 0.1) is 0 Å². The van der Waals surface area contributed by atoms with Crippen molar-refractivity contribution < 1.29 is 0 Å². The number of hydrogen-bond acceptors (Lipinski definition) is 3. The lowest BCUT2D eigenvalue weighted by atomic mass is 9.95. The summed E-state index contributed by atoms with van der Waals surface area (Å²) >= 11 is 0. The number of rotatable bonds is 5. The van der Waals surface area contributed by atoms with E-state index in [-0.39, 0.29) is 0 Å². The predicted octanol–water partition coefficient (Wildman–Crippen LogP) is 0.764. The van der Waals surface area contributed by atoms with Gasteiger partial charge in [-0.1, -0.05) is 12.8 Å². The molecule has 16 heavy (non-hydrogen) atoms. The maximum atomic E-state index is 3.57. The molecule has 3 heteroatoms. The van der Waals surface area contributed by atoms with Gasteiger partial charge in [0.1, 0.15) is 0 Å². The second kappa shape index (κ2) is 4.63. The lowest BCUT2D eigenvalue weighted by Gasteiger charge is -2.50. The highest BCUT2D eigenvalue weighted by Crippen LogP contribution is 2.34. The van der Waals surface area contributed by atoms with Gasteiger partial charge in [0.25, 0.3) is 0 Å². The van der Waals surface area contributed by atoms with Crippen LogP contribution in [0.1, 0.15) is 25.7 Å². The molecular formula is C13H25N3. The van der Waals surface area contributed by atoms with Gasteiger partial charge in [-0.25, -0.2) is 0 Å². The van der Waals surface area contributed by atoms with Gasteiger partial charge in [-0.05, 0) is 25.8 Å². The Hall–Kier alpha value is -0.120. The summed E-state index contributed by atoms with van der Waals surface area (Å²) in [6, 6.07) is 1.51.